The minimum atomic E-state index is 0.464. The SMILES string of the molecule is CCCNCC1CCC(CN2CCCCCCC2)O1. The number of hydrogen-bond donors (Lipinski definition) is 1. The molecular weight excluding hydrogens is 236 g/mol. The molecule has 2 heterocycles. The Labute approximate surface area is 119 Å². The lowest BCUT2D eigenvalue weighted by atomic mass is 10.1. The van der Waals surface area contributed by atoms with Crippen LogP contribution in [0.4, 0.5) is 0 Å². The van der Waals surface area contributed by atoms with Gasteiger partial charge in [-0.1, -0.05) is 26.2 Å². The fourth-order valence-electron chi connectivity index (χ4n) is 3.29. The Hall–Kier alpha value is -0.120. The first-order valence-electron chi connectivity index (χ1n) is 8.47. The summed E-state index contributed by atoms with van der Waals surface area (Å²) in [5, 5.41) is 3.48. The highest BCUT2D eigenvalue weighted by atomic mass is 16.5. The summed E-state index contributed by atoms with van der Waals surface area (Å²) >= 11 is 0. The van der Waals surface area contributed by atoms with Gasteiger partial charge in [0.15, 0.2) is 0 Å². The first-order chi connectivity index (χ1) is 9.38. The molecule has 0 aromatic carbocycles. The molecule has 3 heteroatoms. The fraction of sp³-hybridized carbons (Fsp3) is 1.00. The van der Waals surface area contributed by atoms with Crippen LogP contribution in [0.3, 0.4) is 0 Å². The van der Waals surface area contributed by atoms with Crippen LogP contribution in [0.25, 0.3) is 0 Å². The van der Waals surface area contributed by atoms with E-state index in [2.05, 4.69) is 17.1 Å². The van der Waals surface area contributed by atoms with E-state index in [4.69, 9.17) is 4.74 Å². The fourth-order valence-corrected chi connectivity index (χ4v) is 3.29. The van der Waals surface area contributed by atoms with Gasteiger partial charge in [-0.3, -0.25) is 0 Å². The molecular formula is C16H32N2O. The number of nitrogens with zero attached hydrogens (tertiary/aromatic N) is 1. The van der Waals surface area contributed by atoms with E-state index in [1.165, 1.54) is 71.0 Å². The van der Waals surface area contributed by atoms with Gasteiger partial charge >= 0.3 is 0 Å². The number of rotatable bonds is 6. The average molecular weight is 268 g/mol. The maximum Gasteiger partial charge on any atom is 0.0707 e. The largest absolute Gasteiger partial charge is 0.372 e. The molecule has 2 aliphatic heterocycles. The molecule has 112 valence electrons. The highest BCUT2D eigenvalue weighted by molar-refractivity contribution is 4.78. The molecule has 0 aromatic rings. The van der Waals surface area contributed by atoms with Crippen molar-refractivity contribution in [1.82, 2.24) is 10.2 Å². The maximum atomic E-state index is 6.18. The topological polar surface area (TPSA) is 24.5 Å². The summed E-state index contributed by atoms with van der Waals surface area (Å²) < 4.78 is 6.18. The van der Waals surface area contributed by atoms with Crippen molar-refractivity contribution < 1.29 is 4.74 Å². The van der Waals surface area contributed by atoms with E-state index in [0.29, 0.717) is 12.2 Å². The van der Waals surface area contributed by atoms with Crippen LogP contribution in [-0.4, -0.2) is 49.8 Å². The van der Waals surface area contributed by atoms with Gasteiger partial charge < -0.3 is 15.0 Å². The molecule has 2 saturated heterocycles. The Morgan fingerprint density at radius 2 is 1.68 bits per heavy atom. The van der Waals surface area contributed by atoms with Gasteiger partial charge in [0, 0.05) is 13.1 Å². The average Bonchev–Trinajstić information content (AvgIpc) is 2.81. The first kappa shape index (κ1) is 15.3. The molecule has 2 fully saturated rings. The van der Waals surface area contributed by atoms with Gasteiger partial charge in [-0.2, -0.15) is 0 Å². The second-order valence-corrected chi connectivity index (χ2v) is 6.23. The minimum absolute atomic E-state index is 0.464. The molecule has 0 bridgehead atoms. The van der Waals surface area contributed by atoms with Crippen LogP contribution in [-0.2, 0) is 4.74 Å². The zero-order chi connectivity index (χ0) is 13.3. The maximum absolute atomic E-state index is 6.18. The summed E-state index contributed by atoms with van der Waals surface area (Å²) in [6.45, 7) is 8.13. The highest BCUT2D eigenvalue weighted by Gasteiger charge is 2.26. The van der Waals surface area contributed by atoms with Gasteiger partial charge in [0.1, 0.15) is 0 Å². The first-order valence-corrected chi connectivity index (χ1v) is 8.47. The van der Waals surface area contributed by atoms with Crippen molar-refractivity contribution in [2.75, 3.05) is 32.7 Å². The lowest BCUT2D eigenvalue weighted by molar-refractivity contribution is 0.0221. The van der Waals surface area contributed by atoms with E-state index in [1.54, 1.807) is 0 Å². The second-order valence-electron chi connectivity index (χ2n) is 6.23. The molecule has 0 spiro atoms. The summed E-state index contributed by atoms with van der Waals surface area (Å²) in [5.41, 5.74) is 0. The summed E-state index contributed by atoms with van der Waals surface area (Å²) in [6.07, 6.45) is 11.7. The predicted molar refractivity (Wildman–Crippen MR) is 80.6 cm³/mol. The van der Waals surface area contributed by atoms with Crippen molar-refractivity contribution in [3.63, 3.8) is 0 Å². The number of hydrogen-bond acceptors (Lipinski definition) is 3. The van der Waals surface area contributed by atoms with Crippen molar-refractivity contribution in [2.45, 2.75) is 70.5 Å². The smallest absolute Gasteiger partial charge is 0.0707 e. The Bertz CT molecular complexity index is 227. The molecule has 2 aliphatic rings. The summed E-state index contributed by atoms with van der Waals surface area (Å²) in [6, 6.07) is 0. The molecule has 0 radical (unpaired) electrons. The quantitative estimate of drug-likeness (QED) is 0.750. The highest BCUT2D eigenvalue weighted by Crippen LogP contribution is 2.21. The molecule has 2 rings (SSSR count). The number of nitrogens with one attached hydrogen (secondary N) is 1. The number of ether oxygens (including phenoxy) is 1. The van der Waals surface area contributed by atoms with Crippen LogP contribution < -0.4 is 5.32 Å². The Kier molecular flexibility index (Phi) is 7.18. The van der Waals surface area contributed by atoms with Crippen LogP contribution in [0.2, 0.25) is 0 Å². The predicted octanol–water partition coefficient (Wildman–Crippen LogP) is 2.80. The van der Waals surface area contributed by atoms with Crippen molar-refractivity contribution in [3.05, 3.63) is 0 Å². The second kappa shape index (κ2) is 8.93. The third-order valence-electron chi connectivity index (χ3n) is 4.40. The molecule has 3 nitrogen and oxygen atoms in total. The van der Waals surface area contributed by atoms with E-state index in [0.717, 1.165) is 13.1 Å². The third-order valence-corrected chi connectivity index (χ3v) is 4.40. The van der Waals surface area contributed by atoms with Crippen molar-refractivity contribution in [2.24, 2.45) is 0 Å². The van der Waals surface area contributed by atoms with E-state index >= 15 is 0 Å². The van der Waals surface area contributed by atoms with E-state index in [-0.39, 0.29) is 0 Å². The van der Waals surface area contributed by atoms with Gasteiger partial charge in [-0.25, -0.2) is 0 Å². The lowest BCUT2D eigenvalue weighted by Gasteiger charge is -2.27. The molecule has 0 saturated carbocycles. The van der Waals surface area contributed by atoms with Crippen molar-refractivity contribution in [1.29, 1.82) is 0 Å². The zero-order valence-electron chi connectivity index (χ0n) is 12.7. The van der Waals surface area contributed by atoms with Gasteiger partial charge in [-0.05, 0) is 51.7 Å². The molecule has 19 heavy (non-hydrogen) atoms. The summed E-state index contributed by atoms with van der Waals surface area (Å²) in [7, 11) is 0. The van der Waals surface area contributed by atoms with Gasteiger partial charge in [0.25, 0.3) is 0 Å². The van der Waals surface area contributed by atoms with Crippen LogP contribution >= 0.6 is 0 Å². The molecule has 0 amide bonds. The molecule has 2 unspecified atom stereocenters. The Balaban J connectivity index is 1.62. The van der Waals surface area contributed by atoms with Gasteiger partial charge in [-0.15, -0.1) is 0 Å². The van der Waals surface area contributed by atoms with Crippen molar-refractivity contribution >= 4 is 0 Å². The van der Waals surface area contributed by atoms with E-state index in [1.807, 2.05) is 0 Å². The van der Waals surface area contributed by atoms with Crippen LogP contribution in [0.5, 0.6) is 0 Å². The monoisotopic (exact) mass is 268 g/mol. The van der Waals surface area contributed by atoms with Crippen LogP contribution in [0.15, 0.2) is 0 Å². The zero-order valence-corrected chi connectivity index (χ0v) is 12.7. The standard InChI is InChI=1S/C16H32N2O/c1-2-10-17-13-15-8-9-16(19-15)14-18-11-6-4-3-5-7-12-18/h15-17H,2-14H2,1H3. The van der Waals surface area contributed by atoms with Crippen LogP contribution in [0, 0.1) is 0 Å². The summed E-state index contributed by atoms with van der Waals surface area (Å²) in [5.74, 6) is 0. The van der Waals surface area contributed by atoms with Crippen LogP contribution in [0.1, 0.15) is 58.3 Å². The molecule has 2 atom stereocenters. The molecule has 0 aromatic heterocycles. The van der Waals surface area contributed by atoms with Gasteiger partial charge in [0.2, 0.25) is 0 Å². The molecule has 1 N–H and O–H groups in total. The van der Waals surface area contributed by atoms with Gasteiger partial charge in [0.05, 0.1) is 12.2 Å². The van der Waals surface area contributed by atoms with E-state index in [9.17, 15) is 0 Å². The summed E-state index contributed by atoms with van der Waals surface area (Å²) in [4.78, 5) is 2.64. The van der Waals surface area contributed by atoms with E-state index < -0.39 is 0 Å². The Morgan fingerprint density at radius 3 is 2.42 bits per heavy atom. The normalized spacial score (nSPS) is 30.2. The van der Waals surface area contributed by atoms with Crippen molar-refractivity contribution in [3.8, 4) is 0 Å². The number of likely N-dealkylation sites (tertiary alicyclic amines) is 1. The minimum Gasteiger partial charge on any atom is -0.372 e. The Morgan fingerprint density at radius 1 is 1.00 bits per heavy atom. The molecule has 0 aliphatic carbocycles. The lowest BCUT2D eigenvalue weighted by Crippen LogP contribution is -2.36. The third kappa shape index (κ3) is 5.80.